The van der Waals surface area contributed by atoms with E-state index in [9.17, 15) is 24.6 Å². The molecule has 0 aromatic carbocycles. The Kier molecular flexibility index (Phi) is 11.7. The van der Waals surface area contributed by atoms with Gasteiger partial charge in [0.15, 0.2) is 0 Å². The van der Waals surface area contributed by atoms with Crippen LogP contribution in [-0.4, -0.2) is 68.3 Å². The summed E-state index contributed by atoms with van der Waals surface area (Å²) in [6, 6.07) is 0. The molecule has 0 heterocycles. The zero-order valence-corrected chi connectivity index (χ0v) is 18.1. The first-order chi connectivity index (χ1) is 13.5. The number of hydrogen-bond donors (Lipinski definition) is 5. The third-order valence-corrected chi connectivity index (χ3v) is 5.47. The third-order valence-electron chi connectivity index (χ3n) is 4.25. The van der Waals surface area contributed by atoms with E-state index < -0.39 is 29.0 Å². The van der Waals surface area contributed by atoms with E-state index in [1.54, 1.807) is 6.26 Å². The minimum atomic E-state index is -1.91. The van der Waals surface area contributed by atoms with Gasteiger partial charge in [-0.25, -0.2) is 14.4 Å². The quantitative estimate of drug-likeness (QED) is 0.197. The molecule has 0 aliphatic heterocycles. The minimum absolute atomic E-state index is 0.00859. The van der Waals surface area contributed by atoms with Crippen molar-refractivity contribution in [1.82, 2.24) is 0 Å². The van der Waals surface area contributed by atoms with Crippen molar-refractivity contribution in [2.75, 3.05) is 24.0 Å². The number of rotatable bonds is 14. The van der Waals surface area contributed by atoms with Crippen LogP contribution in [0.3, 0.4) is 0 Å². The smallest absolute Gasteiger partial charge is 0.328 e. The first-order valence-electron chi connectivity index (χ1n) is 8.48. The van der Waals surface area contributed by atoms with Crippen LogP contribution >= 0.6 is 23.5 Å². The summed E-state index contributed by atoms with van der Waals surface area (Å²) < 4.78 is 0. The molecule has 0 aromatic rings. The van der Waals surface area contributed by atoms with Crippen molar-refractivity contribution in [1.29, 1.82) is 0 Å². The molecule has 2 atom stereocenters. The van der Waals surface area contributed by atoms with Crippen molar-refractivity contribution in [3.8, 4) is 0 Å². The number of aliphatic carboxylic acids is 3. The zero-order valence-electron chi connectivity index (χ0n) is 16.5. The SMILES string of the molecule is C=C\C(=C/C=C/C(=C\C(=O)O)C(N)(CCSC)C(=O)O)C(N)(CCSC)C(=O)O. The molecular weight excluding hydrogens is 416 g/mol. The van der Waals surface area contributed by atoms with Crippen LogP contribution < -0.4 is 11.5 Å². The molecule has 2 unspecified atom stereocenters. The Labute approximate surface area is 178 Å². The molecule has 0 amide bonds. The van der Waals surface area contributed by atoms with Gasteiger partial charge in [-0.15, -0.1) is 0 Å². The second-order valence-corrected chi connectivity index (χ2v) is 8.13. The van der Waals surface area contributed by atoms with Crippen LogP contribution in [0.15, 0.2) is 48.1 Å². The lowest BCUT2D eigenvalue weighted by molar-refractivity contribution is -0.142. The molecule has 0 saturated carbocycles. The van der Waals surface area contributed by atoms with Crippen molar-refractivity contribution < 1.29 is 29.7 Å². The highest BCUT2D eigenvalue weighted by molar-refractivity contribution is 7.98. The predicted octanol–water partition coefficient (Wildman–Crippen LogP) is 1.74. The van der Waals surface area contributed by atoms with Crippen LogP contribution in [0, 0.1) is 0 Å². The van der Waals surface area contributed by atoms with Gasteiger partial charge >= 0.3 is 17.9 Å². The van der Waals surface area contributed by atoms with Crippen LogP contribution in [-0.2, 0) is 14.4 Å². The van der Waals surface area contributed by atoms with Gasteiger partial charge in [-0.2, -0.15) is 23.5 Å². The van der Waals surface area contributed by atoms with Gasteiger partial charge in [-0.3, -0.25) is 0 Å². The van der Waals surface area contributed by atoms with Crippen LogP contribution in [0.4, 0.5) is 0 Å². The number of thioether (sulfide) groups is 2. The van der Waals surface area contributed by atoms with Crippen molar-refractivity contribution in [2.45, 2.75) is 23.9 Å². The van der Waals surface area contributed by atoms with Crippen molar-refractivity contribution in [3.05, 3.63) is 48.1 Å². The summed E-state index contributed by atoms with van der Waals surface area (Å²) in [6.45, 7) is 3.60. The predicted molar refractivity (Wildman–Crippen MR) is 118 cm³/mol. The maximum Gasteiger partial charge on any atom is 0.328 e. The molecule has 0 aliphatic rings. The molecule has 162 valence electrons. The molecule has 0 aliphatic carbocycles. The average Bonchev–Trinajstić information content (AvgIpc) is 2.65. The summed E-state index contributed by atoms with van der Waals surface area (Å²) in [7, 11) is 0. The number of carboxylic acids is 3. The lowest BCUT2D eigenvalue weighted by Gasteiger charge is -2.26. The Morgan fingerprint density at radius 3 is 1.72 bits per heavy atom. The fourth-order valence-corrected chi connectivity index (χ4v) is 3.44. The number of hydrogen-bond acceptors (Lipinski definition) is 7. The lowest BCUT2D eigenvalue weighted by atomic mass is 9.85. The molecule has 29 heavy (non-hydrogen) atoms. The van der Waals surface area contributed by atoms with Crippen LogP contribution in [0.1, 0.15) is 12.8 Å². The molecule has 0 aromatic heterocycles. The highest BCUT2D eigenvalue weighted by atomic mass is 32.2. The highest BCUT2D eigenvalue weighted by Gasteiger charge is 2.38. The van der Waals surface area contributed by atoms with E-state index in [4.69, 9.17) is 16.6 Å². The molecule has 8 nitrogen and oxygen atoms in total. The minimum Gasteiger partial charge on any atom is -0.480 e. The van der Waals surface area contributed by atoms with E-state index in [0.29, 0.717) is 11.5 Å². The number of allylic oxidation sites excluding steroid dienone is 2. The third kappa shape index (κ3) is 7.73. The normalized spacial score (nSPS) is 16.8. The summed E-state index contributed by atoms with van der Waals surface area (Å²) in [5.41, 5.74) is 8.55. The van der Waals surface area contributed by atoms with Crippen LogP contribution in [0.2, 0.25) is 0 Å². The monoisotopic (exact) mass is 444 g/mol. The fraction of sp³-hybridized carbons (Fsp3) is 0.421. The molecule has 0 fully saturated rings. The summed E-state index contributed by atoms with van der Waals surface area (Å²) in [5.74, 6) is -3.04. The van der Waals surface area contributed by atoms with Gasteiger partial charge in [0, 0.05) is 6.08 Å². The van der Waals surface area contributed by atoms with E-state index in [2.05, 4.69) is 6.58 Å². The van der Waals surface area contributed by atoms with E-state index >= 15 is 0 Å². The van der Waals surface area contributed by atoms with Crippen molar-refractivity contribution in [2.24, 2.45) is 11.5 Å². The largest absolute Gasteiger partial charge is 0.480 e. The van der Waals surface area contributed by atoms with Gasteiger partial charge in [0.2, 0.25) is 0 Å². The molecule has 0 rings (SSSR count). The molecule has 0 bridgehead atoms. The Morgan fingerprint density at radius 1 is 0.931 bits per heavy atom. The maximum atomic E-state index is 11.7. The van der Waals surface area contributed by atoms with Gasteiger partial charge in [-0.1, -0.05) is 30.9 Å². The van der Waals surface area contributed by atoms with Gasteiger partial charge in [-0.05, 0) is 48.0 Å². The Balaban J connectivity index is 6.13. The van der Waals surface area contributed by atoms with E-state index in [1.165, 1.54) is 47.8 Å². The summed E-state index contributed by atoms with van der Waals surface area (Å²) >= 11 is 2.82. The Bertz CT molecular complexity index is 719. The molecule has 0 saturated heterocycles. The number of nitrogens with two attached hydrogens (primary N) is 2. The van der Waals surface area contributed by atoms with Gasteiger partial charge < -0.3 is 26.8 Å². The van der Waals surface area contributed by atoms with E-state index in [0.717, 1.165) is 6.08 Å². The molecule has 0 spiro atoms. The first-order valence-corrected chi connectivity index (χ1v) is 11.3. The summed E-state index contributed by atoms with van der Waals surface area (Å²) in [6.07, 6.45) is 9.73. The number of carbonyl (C=O) groups is 3. The van der Waals surface area contributed by atoms with Gasteiger partial charge in [0.05, 0.1) is 0 Å². The molecular formula is C19H28N2O6S2. The highest BCUT2D eigenvalue weighted by Crippen LogP contribution is 2.25. The molecule has 7 N–H and O–H groups in total. The molecule has 10 heteroatoms. The Morgan fingerprint density at radius 2 is 1.38 bits per heavy atom. The van der Waals surface area contributed by atoms with E-state index in [-0.39, 0.29) is 24.0 Å². The first kappa shape index (κ1) is 27.0. The van der Waals surface area contributed by atoms with Gasteiger partial charge in [0.25, 0.3) is 0 Å². The summed E-state index contributed by atoms with van der Waals surface area (Å²) in [4.78, 5) is 34.6. The maximum absolute atomic E-state index is 11.7. The fourth-order valence-electron chi connectivity index (χ4n) is 2.39. The zero-order chi connectivity index (χ0) is 22.7. The standard InChI is InChI=1S/C19H28N2O6S2/c1-4-13(18(20,16(24)25)8-10-28-2)6-5-7-14(12-15(22)23)19(21,17(26)27)9-11-29-3/h4-7,12H,1,8-11,20-21H2,2-3H3,(H,22,23)(H,24,25)(H,26,27)/b7-5+,13-6+,14-12+. The van der Waals surface area contributed by atoms with Gasteiger partial charge in [0.1, 0.15) is 11.1 Å². The van der Waals surface area contributed by atoms with Crippen molar-refractivity contribution in [3.63, 3.8) is 0 Å². The number of carboxylic acid groups (broad SMARTS) is 3. The van der Waals surface area contributed by atoms with E-state index in [1.807, 2.05) is 6.26 Å². The second kappa shape index (κ2) is 12.5. The van der Waals surface area contributed by atoms with Crippen molar-refractivity contribution >= 4 is 41.4 Å². The molecule has 0 radical (unpaired) electrons. The summed E-state index contributed by atoms with van der Waals surface area (Å²) in [5, 5.41) is 28.2. The van der Waals surface area contributed by atoms with Crippen LogP contribution in [0.5, 0.6) is 0 Å². The second-order valence-electron chi connectivity index (χ2n) is 6.16. The lowest BCUT2D eigenvalue weighted by Crippen LogP contribution is -2.50. The topological polar surface area (TPSA) is 164 Å². The van der Waals surface area contributed by atoms with Crippen LogP contribution in [0.25, 0.3) is 0 Å². The average molecular weight is 445 g/mol. The Hall–Kier alpha value is -2.01.